The second kappa shape index (κ2) is 3.58. The van der Waals surface area contributed by atoms with Gasteiger partial charge in [-0.3, -0.25) is 0 Å². The molecule has 3 unspecified atom stereocenters. The third-order valence-corrected chi connectivity index (χ3v) is 3.51. The lowest BCUT2D eigenvalue weighted by Gasteiger charge is -2.21. The van der Waals surface area contributed by atoms with Gasteiger partial charge in [0.15, 0.2) is 0 Å². The minimum absolute atomic E-state index is 0.287. The summed E-state index contributed by atoms with van der Waals surface area (Å²) in [5.41, 5.74) is 6.09. The Morgan fingerprint density at radius 3 is 2.38 bits per heavy atom. The fourth-order valence-electron chi connectivity index (χ4n) is 2.55. The van der Waals surface area contributed by atoms with Crippen LogP contribution in [0.2, 0.25) is 0 Å². The first-order valence-electron chi connectivity index (χ1n) is 5.54. The predicted octanol–water partition coefficient (Wildman–Crippen LogP) is 1.78. The van der Waals surface area contributed by atoms with Crippen molar-refractivity contribution in [3.05, 3.63) is 0 Å². The van der Waals surface area contributed by atoms with E-state index in [1.165, 1.54) is 19.3 Å². The maximum Gasteiger partial charge on any atom is 0.0623 e. The van der Waals surface area contributed by atoms with Crippen LogP contribution in [0.25, 0.3) is 0 Å². The summed E-state index contributed by atoms with van der Waals surface area (Å²) in [4.78, 5) is 0. The van der Waals surface area contributed by atoms with Crippen LogP contribution in [0.15, 0.2) is 0 Å². The van der Waals surface area contributed by atoms with Crippen LogP contribution in [-0.2, 0) is 4.74 Å². The number of fused-ring (bicyclic) bond motifs is 1. The lowest BCUT2D eigenvalue weighted by molar-refractivity contribution is 0.0565. The highest BCUT2D eigenvalue weighted by molar-refractivity contribution is 4.98. The largest absolute Gasteiger partial charge is 0.377 e. The first-order chi connectivity index (χ1) is 6.16. The smallest absolute Gasteiger partial charge is 0.0623 e. The van der Waals surface area contributed by atoms with E-state index < -0.39 is 0 Å². The molecule has 2 aliphatic carbocycles. The standard InChI is InChI=1S/C11H21NO/c1-7(2)13-6-11(12)10-4-8-3-9(8)5-10/h7-11H,3-6,12H2,1-2H3. The summed E-state index contributed by atoms with van der Waals surface area (Å²) in [6.45, 7) is 4.89. The van der Waals surface area contributed by atoms with Crippen LogP contribution in [-0.4, -0.2) is 18.8 Å². The maximum atomic E-state index is 6.09. The van der Waals surface area contributed by atoms with E-state index in [2.05, 4.69) is 13.8 Å². The van der Waals surface area contributed by atoms with Gasteiger partial charge in [-0.25, -0.2) is 0 Å². The molecule has 2 nitrogen and oxygen atoms in total. The molecule has 2 N–H and O–H groups in total. The summed E-state index contributed by atoms with van der Waals surface area (Å²) in [5, 5.41) is 0. The van der Waals surface area contributed by atoms with Crippen LogP contribution in [0.3, 0.4) is 0 Å². The molecule has 2 rings (SSSR count). The molecule has 3 atom stereocenters. The second-order valence-corrected chi connectivity index (χ2v) is 5.03. The third-order valence-electron chi connectivity index (χ3n) is 3.51. The molecule has 0 aromatic rings. The zero-order chi connectivity index (χ0) is 9.42. The zero-order valence-corrected chi connectivity index (χ0v) is 8.70. The van der Waals surface area contributed by atoms with E-state index in [1.807, 2.05) is 0 Å². The van der Waals surface area contributed by atoms with Crippen molar-refractivity contribution in [2.24, 2.45) is 23.5 Å². The van der Waals surface area contributed by atoms with Gasteiger partial charge < -0.3 is 10.5 Å². The van der Waals surface area contributed by atoms with Crippen molar-refractivity contribution < 1.29 is 4.74 Å². The van der Waals surface area contributed by atoms with Crippen molar-refractivity contribution in [3.8, 4) is 0 Å². The number of hydrogen-bond donors (Lipinski definition) is 1. The Labute approximate surface area is 80.8 Å². The molecule has 2 aliphatic rings. The summed E-state index contributed by atoms with van der Waals surface area (Å²) >= 11 is 0. The topological polar surface area (TPSA) is 35.2 Å². The van der Waals surface area contributed by atoms with E-state index in [9.17, 15) is 0 Å². The van der Waals surface area contributed by atoms with Crippen molar-refractivity contribution >= 4 is 0 Å². The maximum absolute atomic E-state index is 6.09. The molecule has 0 amide bonds. The van der Waals surface area contributed by atoms with Gasteiger partial charge in [-0.1, -0.05) is 0 Å². The van der Waals surface area contributed by atoms with Gasteiger partial charge in [0.1, 0.15) is 0 Å². The minimum atomic E-state index is 0.287. The Balaban J connectivity index is 1.68. The van der Waals surface area contributed by atoms with Crippen LogP contribution in [0.5, 0.6) is 0 Å². The van der Waals surface area contributed by atoms with Crippen molar-refractivity contribution in [3.63, 3.8) is 0 Å². The van der Waals surface area contributed by atoms with Gasteiger partial charge in [0.25, 0.3) is 0 Å². The number of ether oxygens (including phenoxy) is 1. The van der Waals surface area contributed by atoms with Crippen molar-refractivity contribution in [1.29, 1.82) is 0 Å². The Kier molecular flexibility index (Phi) is 2.61. The van der Waals surface area contributed by atoms with Crippen LogP contribution in [0.1, 0.15) is 33.1 Å². The molecule has 13 heavy (non-hydrogen) atoms. The Hall–Kier alpha value is -0.0800. The Morgan fingerprint density at radius 1 is 1.23 bits per heavy atom. The monoisotopic (exact) mass is 183 g/mol. The van der Waals surface area contributed by atoms with Gasteiger partial charge in [0, 0.05) is 6.04 Å². The number of rotatable bonds is 4. The van der Waals surface area contributed by atoms with Gasteiger partial charge in [-0.2, -0.15) is 0 Å². The van der Waals surface area contributed by atoms with Crippen LogP contribution < -0.4 is 5.73 Å². The summed E-state index contributed by atoms with van der Waals surface area (Å²) in [5.74, 6) is 2.83. The SMILES string of the molecule is CC(C)OCC(N)C1CC2CC2C1. The lowest BCUT2D eigenvalue weighted by atomic mass is 9.96. The Morgan fingerprint density at radius 2 is 1.85 bits per heavy atom. The van der Waals surface area contributed by atoms with Gasteiger partial charge in [0.05, 0.1) is 12.7 Å². The van der Waals surface area contributed by atoms with Crippen LogP contribution >= 0.6 is 0 Å². The molecule has 0 radical (unpaired) electrons. The molecule has 76 valence electrons. The number of hydrogen-bond acceptors (Lipinski definition) is 2. The molecule has 2 fully saturated rings. The Bertz CT molecular complexity index is 171. The second-order valence-electron chi connectivity index (χ2n) is 5.03. The highest BCUT2D eigenvalue weighted by Crippen LogP contribution is 2.54. The van der Waals surface area contributed by atoms with Gasteiger partial charge >= 0.3 is 0 Å². The fraction of sp³-hybridized carbons (Fsp3) is 1.00. The van der Waals surface area contributed by atoms with Crippen LogP contribution in [0, 0.1) is 17.8 Å². The van der Waals surface area contributed by atoms with Crippen molar-refractivity contribution in [2.45, 2.75) is 45.3 Å². The normalized spacial score (nSPS) is 39.2. The molecule has 0 aromatic carbocycles. The van der Waals surface area contributed by atoms with E-state index in [0.29, 0.717) is 6.10 Å². The fourth-order valence-corrected chi connectivity index (χ4v) is 2.55. The molecular weight excluding hydrogens is 162 g/mol. The first kappa shape index (κ1) is 9.47. The molecule has 0 spiro atoms. The molecule has 0 bridgehead atoms. The zero-order valence-electron chi connectivity index (χ0n) is 8.70. The molecule has 2 heteroatoms. The van der Waals surface area contributed by atoms with Crippen molar-refractivity contribution in [2.75, 3.05) is 6.61 Å². The molecule has 0 heterocycles. The third kappa shape index (κ3) is 2.23. The van der Waals surface area contributed by atoms with E-state index in [1.54, 1.807) is 0 Å². The molecule has 0 aliphatic heterocycles. The summed E-state index contributed by atoms with van der Waals surface area (Å²) < 4.78 is 5.54. The quantitative estimate of drug-likeness (QED) is 0.721. The van der Waals surface area contributed by atoms with Crippen LogP contribution in [0.4, 0.5) is 0 Å². The molecular formula is C11H21NO. The van der Waals surface area contributed by atoms with E-state index in [-0.39, 0.29) is 6.04 Å². The predicted molar refractivity (Wildman–Crippen MR) is 53.4 cm³/mol. The number of nitrogens with two attached hydrogens (primary N) is 1. The summed E-state index contributed by atoms with van der Waals surface area (Å²) in [7, 11) is 0. The summed E-state index contributed by atoms with van der Waals surface area (Å²) in [6, 6.07) is 0.287. The molecule has 0 aromatic heterocycles. The highest BCUT2D eigenvalue weighted by Gasteiger charge is 2.47. The van der Waals surface area contributed by atoms with E-state index in [0.717, 1.165) is 24.4 Å². The molecule has 0 saturated heterocycles. The highest BCUT2D eigenvalue weighted by atomic mass is 16.5. The van der Waals surface area contributed by atoms with E-state index >= 15 is 0 Å². The van der Waals surface area contributed by atoms with E-state index in [4.69, 9.17) is 10.5 Å². The van der Waals surface area contributed by atoms with Crippen molar-refractivity contribution in [1.82, 2.24) is 0 Å². The van der Waals surface area contributed by atoms with Gasteiger partial charge in [0.2, 0.25) is 0 Å². The first-order valence-corrected chi connectivity index (χ1v) is 5.54. The average Bonchev–Trinajstić information content (AvgIpc) is 2.69. The van der Waals surface area contributed by atoms with Gasteiger partial charge in [-0.15, -0.1) is 0 Å². The molecule has 2 saturated carbocycles. The summed E-state index contributed by atoms with van der Waals surface area (Å²) in [6.07, 6.45) is 4.54. The van der Waals surface area contributed by atoms with Gasteiger partial charge in [-0.05, 0) is 50.9 Å². The lowest BCUT2D eigenvalue weighted by Crippen LogP contribution is -2.35. The minimum Gasteiger partial charge on any atom is -0.377 e. The average molecular weight is 183 g/mol.